The van der Waals surface area contributed by atoms with Crippen molar-refractivity contribution in [2.75, 3.05) is 17.1 Å². The summed E-state index contributed by atoms with van der Waals surface area (Å²) in [7, 11) is -2.45. The van der Waals surface area contributed by atoms with Crippen molar-refractivity contribution < 1.29 is 17.9 Å². The smallest absolute Gasteiger partial charge is 0.274 e. The summed E-state index contributed by atoms with van der Waals surface area (Å²) in [5.41, 5.74) is 1.75. The third-order valence-corrected chi connectivity index (χ3v) is 6.02. The van der Waals surface area contributed by atoms with Gasteiger partial charge in [-0.2, -0.15) is 0 Å². The van der Waals surface area contributed by atoms with E-state index in [1.807, 2.05) is 30.3 Å². The molecule has 0 aliphatic rings. The number of sulfonamides is 1. The van der Waals surface area contributed by atoms with Gasteiger partial charge in [-0.1, -0.05) is 36.4 Å². The Balaban J connectivity index is 1.56. The molecule has 3 aromatic carbocycles. The molecule has 1 amide bonds. The molecular weight excluding hydrogens is 428 g/mol. The fourth-order valence-electron chi connectivity index (χ4n) is 3.13. The number of imidazole rings is 1. The zero-order valence-electron chi connectivity index (χ0n) is 17.1. The summed E-state index contributed by atoms with van der Waals surface area (Å²) in [4.78, 5) is 16.9. The number of nitrogens with zero attached hydrogens (tertiary/aromatic N) is 2. The fraction of sp³-hybridized carbons (Fsp3) is 0.0435. The molecular formula is C23H20N4O4S. The van der Waals surface area contributed by atoms with E-state index < -0.39 is 15.9 Å². The summed E-state index contributed by atoms with van der Waals surface area (Å²) in [5.74, 6) is -0.0201. The number of ether oxygens (including phenoxy) is 1. The number of hydrogen-bond acceptors (Lipinski definition) is 5. The minimum absolute atomic E-state index is 0.00206. The Bertz CT molecular complexity index is 1350. The number of hydrogen-bond donors (Lipinski definition) is 2. The first-order valence-corrected chi connectivity index (χ1v) is 11.1. The zero-order valence-corrected chi connectivity index (χ0v) is 17.9. The zero-order chi connectivity index (χ0) is 22.6. The number of para-hydroxylation sites is 3. The molecule has 0 aliphatic carbocycles. The minimum atomic E-state index is -3.91. The number of rotatable bonds is 7. The van der Waals surface area contributed by atoms with Crippen LogP contribution in [0.2, 0.25) is 0 Å². The molecule has 0 atom stereocenters. The Labute approximate surface area is 185 Å². The average molecular weight is 449 g/mol. The van der Waals surface area contributed by atoms with E-state index in [2.05, 4.69) is 15.0 Å². The third kappa shape index (κ3) is 4.47. The highest BCUT2D eigenvalue weighted by Gasteiger charge is 2.18. The molecule has 0 unspecified atom stereocenters. The largest absolute Gasteiger partial charge is 0.495 e. The predicted octanol–water partition coefficient (Wildman–Crippen LogP) is 3.93. The minimum Gasteiger partial charge on any atom is -0.495 e. The van der Waals surface area contributed by atoms with E-state index in [9.17, 15) is 13.2 Å². The topological polar surface area (TPSA) is 102 Å². The van der Waals surface area contributed by atoms with E-state index in [0.717, 1.165) is 5.69 Å². The average Bonchev–Trinajstić information content (AvgIpc) is 3.30. The van der Waals surface area contributed by atoms with Crippen LogP contribution in [0.5, 0.6) is 5.75 Å². The van der Waals surface area contributed by atoms with Crippen LogP contribution < -0.4 is 14.8 Å². The monoisotopic (exact) mass is 448 g/mol. The first-order chi connectivity index (χ1) is 15.5. The maximum atomic E-state index is 12.9. The molecule has 0 fully saturated rings. The van der Waals surface area contributed by atoms with Gasteiger partial charge in [0, 0.05) is 11.4 Å². The SMILES string of the molecule is COc1ccccc1NS(=O)(=O)c1cccc(NC(=O)c2cncn2-c2ccccc2)c1. The van der Waals surface area contributed by atoms with Gasteiger partial charge in [-0.15, -0.1) is 0 Å². The molecule has 0 saturated carbocycles. The Morgan fingerprint density at radius 1 is 0.969 bits per heavy atom. The van der Waals surface area contributed by atoms with Crippen LogP contribution in [0, 0.1) is 0 Å². The van der Waals surface area contributed by atoms with Crippen molar-refractivity contribution >= 4 is 27.3 Å². The van der Waals surface area contributed by atoms with Crippen LogP contribution in [0.15, 0.2) is 96.3 Å². The van der Waals surface area contributed by atoms with Gasteiger partial charge in [-0.3, -0.25) is 14.1 Å². The van der Waals surface area contributed by atoms with Crippen molar-refractivity contribution in [3.05, 3.63) is 97.1 Å². The number of methoxy groups -OCH3 is 1. The van der Waals surface area contributed by atoms with Gasteiger partial charge in [0.25, 0.3) is 15.9 Å². The van der Waals surface area contributed by atoms with Crippen molar-refractivity contribution in [2.24, 2.45) is 0 Å². The first-order valence-electron chi connectivity index (χ1n) is 9.63. The van der Waals surface area contributed by atoms with Gasteiger partial charge in [-0.25, -0.2) is 13.4 Å². The van der Waals surface area contributed by atoms with Gasteiger partial charge in [-0.05, 0) is 42.5 Å². The molecule has 8 nitrogen and oxygen atoms in total. The molecule has 0 saturated heterocycles. The highest BCUT2D eigenvalue weighted by Crippen LogP contribution is 2.27. The molecule has 9 heteroatoms. The highest BCUT2D eigenvalue weighted by atomic mass is 32.2. The summed E-state index contributed by atoms with van der Waals surface area (Å²) in [6.07, 6.45) is 2.99. The number of amides is 1. The maximum absolute atomic E-state index is 12.9. The van der Waals surface area contributed by atoms with E-state index in [-0.39, 0.29) is 4.90 Å². The van der Waals surface area contributed by atoms with Crippen LogP contribution in [0.25, 0.3) is 5.69 Å². The van der Waals surface area contributed by atoms with Gasteiger partial charge in [0.05, 0.1) is 30.2 Å². The number of anilines is 2. The number of carbonyl (C=O) groups excluding carboxylic acids is 1. The fourth-order valence-corrected chi connectivity index (χ4v) is 4.24. The molecule has 0 aliphatic heterocycles. The van der Waals surface area contributed by atoms with Crippen molar-refractivity contribution in [1.29, 1.82) is 0 Å². The predicted molar refractivity (Wildman–Crippen MR) is 122 cm³/mol. The summed E-state index contributed by atoms with van der Waals surface area (Å²) < 4.78 is 35.1. The van der Waals surface area contributed by atoms with Crippen LogP contribution in [0.3, 0.4) is 0 Å². The van der Waals surface area contributed by atoms with E-state index in [1.54, 1.807) is 47.3 Å². The number of carbonyl (C=O) groups is 1. The quantitative estimate of drug-likeness (QED) is 0.446. The number of nitrogens with one attached hydrogen (secondary N) is 2. The lowest BCUT2D eigenvalue weighted by molar-refractivity contribution is 0.102. The van der Waals surface area contributed by atoms with Crippen LogP contribution >= 0.6 is 0 Å². The standard InChI is InChI=1S/C23H20N4O4S/c1-31-22-13-6-5-12-20(22)26-32(29,30)19-11-7-8-17(14-19)25-23(28)21-15-24-16-27(21)18-9-3-2-4-10-18/h2-16,26H,1H3,(H,25,28). The van der Waals surface area contributed by atoms with Crippen molar-refractivity contribution in [1.82, 2.24) is 9.55 Å². The van der Waals surface area contributed by atoms with Gasteiger partial charge < -0.3 is 10.1 Å². The summed E-state index contributed by atoms with van der Waals surface area (Å²) in [5, 5.41) is 2.74. The molecule has 0 spiro atoms. The Morgan fingerprint density at radius 2 is 1.72 bits per heavy atom. The van der Waals surface area contributed by atoms with Crippen LogP contribution in [0.1, 0.15) is 10.5 Å². The van der Waals surface area contributed by atoms with E-state index in [4.69, 9.17) is 4.74 Å². The normalized spacial score (nSPS) is 11.0. The third-order valence-electron chi connectivity index (χ3n) is 4.66. The van der Waals surface area contributed by atoms with E-state index in [0.29, 0.717) is 22.8 Å². The van der Waals surface area contributed by atoms with Gasteiger partial charge in [0.1, 0.15) is 11.4 Å². The van der Waals surface area contributed by atoms with Crippen LogP contribution in [0.4, 0.5) is 11.4 Å². The summed E-state index contributed by atoms with van der Waals surface area (Å²) in [6.45, 7) is 0. The second kappa shape index (κ2) is 8.94. The first kappa shape index (κ1) is 21.1. The van der Waals surface area contributed by atoms with Crippen LogP contribution in [-0.2, 0) is 10.0 Å². The van der Waals surface area contributed by atoms with Gasteiger partial charge >= 0.3 is 0 Å². The number of benzene rings is 3. The highest BCUT2D eigenvalue weighted by molar-refractivity contribution is 7.92. The van der Waals surface area contributed by atoms with Gasteiger partial charge in [0.15, 0.2) is 0 Å². The number of aromatic nitrogens is 2. The molecule has 4 aromatic rings. The molecule has 0 radical (unpaired) electrons. The Morgan fingerprint density at radius 3 is 2.50 bits per heavy atom. The van der Waals surface area contributed by atoms with Gasteiger partial charge in [0.2, 0.25) is 0 Å². The lowest BCUT2D eigenvalue weighted by Crippen LogP contribution is -2.17. The van der Waals surface area contributed by atoms with Crippen molar-refractivity contribution in [3.63, 3.8) is 0 Å². The lowest BCUT2D eigenvalue weighted by Gasteiger charge is -2.13. The second-order valence-electron chi connectivity index (χ2n) is 6.77. The lowest BCUT2D eigenvalue weighted by atomic mass is 10.3. The second-order valence-corrected chi connectivity index (χ2v) is 8.45. The van der Waals surface area contributed by atoms with Crippen LogP contribution in [-0.4, -0.2) is 31.0 Å². The molecule has 32 heavy (non-hydrogen) atoms. The van der Waals surface area contributed by atoms with E-state index in [1.165, 1.54) is 25.4 Å². The van der Waals surface area contributed by atoms with Crippen molar-refractivity contribution in [2.45, 2.75) is 4.90 Å². The molecule has 1 heterocycles. The Kier molecular flexibility index (Phi) is 5.91. The molecule has 162 valence electrons. The molecule has 4 rings (SSSR count). The molecule has 1 aromatic heterocycles. The van der Waals surface area contributed by atoms with E-state index >= 15 is 0 Å². The molecule has 2 N–H and O–H groups in total. The Hall–Kier alpha value is -4.11. The summed E-state index contributed by atoms with van der Waals surface area (Å²) in [6, 6.07) is 22.0. The molecule has 0 bridgehead atoms. The summed E-state index contributed by atoms with van der Waals surface area (Å²) >= 11 is 0. The maximum Gasteiger partial charge on any atom is 0.274 e. The van der Waals surface area contributed by atoms with Crippen molar-refractivity contribution in [3.8, 4) is 11.4 Å².